The summed E-state index contributed by atoms with van der Waals surface area (Å²) in [6.45, 7) is 0. The highest BCUT2D eigenvalue weighted by Crippen LogP contribution is 2.22. The van der Waals surface area contributed by atoms with Crippen molar-refractivity contribution in [2.75, 3.05) is 0 Å². The van der Waals surface area contributed by atoms with Gasteiger partial charge in [0.05, 0.1) is 0 Å². The molecule has 0 saturated heterocycles. The first kappa shape index (κ1) is 9.45. The van der Waals surface area contributed by atoms with Crippen molar-refractivity contribution in [2.45, 2.75) is 38.5 Å². The van der Waals surface area contributed by atoms with E-state index in [0.717, 1.165) is 37.7 Å². The van der Waals surface area contributed by atoms with Crippen LogP contribution in [-0.4, -0.2) is 5.78 Å². The number of carbonyl (C=O) groups excluding carboxylic acids is 1. The van der Waals surface area contributed by atoms with Gasteiger partial charge >= 0.3 is 0 Å². The van der Waals surface area contributed by atoms with Crippen LogP contribution in [0.3, 0.4) is 0 Å². The third kappa shape index (κ3) is 2.22. The summed E-state index contributed by atoms with van der Waals surface area (Å²) >= 11 is 0. The van der Waals surface area contributed by atoms with Crippen molar-refractivity contribution in [2.24, 2.45) is 0 Å². The van der Waals surface area contributed by atoms with E-state index in [1.165, 1.54) is 12.0 Å². The van der Waals surface area contributed by atoms with Crippen molar-refractivity contribution in [1.29, 1.82) is 0 Å². The molecule has 1 nitrogen and oxygen atoms in total. The van der Waals surface area contributed by atoms with Gasteiger partial charge in [-0.05, 0) is 49.3 Å². The van der Waals surface area contributed by atoms with E-state index >= 15 is 0 Å². The summed E-state index contributed by atoms with van der Waals surface area (Å²) < 4.78 is 0. The number of allylic oxidation sites excluding steroid dienone is 6. The smallest absolute Gasteiger partial charge is 0.158 e. The minimum atomic E-state index is 0.358. The van der Waals surface area contributed by atoms with Crippen LogP contribution in [0.2, 0.25) is 0 Å². The topological polar surface area (TPSA) is 17.1 Å². The molecular formula is C13H16O. The van der Waals surface area contributed by atoms with Gasteiger partial charge < -0.3 is 0 Å². The average Bonchev–Trinajstić information content (AvgIpc) is 2.23. The van der Waals surface area contributed by atoms with Crippen LogP contribution >= 0.6 is 0 Å². The number of ketones is 1. The fraction of sp³-hybridized carbons (Fsp3) is 0.462. The lowest BCUT2D eigenvalue weighted by atomic mass is 9.91. The van der Waals surface area contributed by atoms with Crippen LogP contribution in [0.25, 0.3) is 0 Å². The van der Waals surface area contributed by atoms with Gasteiger partial charge in [0.25, 0.3) is 0 Å². The fourth-order valence-electron chi connectivity index (χ4n) is 2.00. The van der Waals surface area contributed by atoms with E-state index in [1.54, 1.807) is 0 Å². The second kappa shape index (κ2) is 4.41. The van der Waals surface area contributed by atoms with Crippen LogP contribution in [-0.2, 0) is 4.79 Å². The number of rotatable bonds is 1. The molecule has 0 bridgehead atoms. The van der Waals surface area contributed by atoms with Crippen molar-refractivity contribution in [1.82, 2.24) is 0 Å². The first-order chi connectivity index (χ1) is 6.86. The monoisotopic (exact) mass is 188 g/mol. The Bertz CT molecular complexity index is 318. The normalized spacial score (nSPS) is 25.3. The Balaban J connectivity index is 2.12. The van der Waals surface area contributed by atoms with Gasteiger partial charge in [-0.1, -0.05) is 18.2 Å². The molecule has 0 aromatic heterocycles. The highest BCUT2D eigenvalue weighted by Gasteiger charge is 2.14. The fourth-order valence-corrected chi connectivity index (χ4v) is 2.00. The van der Waals surface area contributed by atoms with E-state index in [9.17, 15) is 4.79 Å². The van der Waals surface area contributed by atoms with Gasteiger partial charge in [-0.3, -0.25) is 4.79 Å². The third-order valence-corrected chi connectivity index (χ3v) is 2.82. The zero-order valence-electron chi connectivity index (χ0n) is 8.46. The molecule has 2 rings (SSSR count). The maximum atomic E-state index is 11.5. The van der Waals surface area contributed by atoms with Crippen molar-refractivity contribution in [3.05, 3.63) is 35.5 Å². The minimum Gasteiger partial charge on any atom is -0.295 e. The second-order valence-electron chi connectivity index (χ2n) is 3.98. The molecule has 2 aliphatic rings. The Kier molecular flexibility index (Phi) is 2.97. The number of hydrogen-bond donors (Lipinski definition) is 0. The van der Waals surface area contributed by atoms with Gasteiger partial charge in [0, 0.05) is 6.42 Å². The number of carbonyl (C=O) groups is 1. The standard InChI is InChI=1S/C13H16O/c14-13-9-5-4-8-12(13)10-11-6-2-1-3-7-11/h2,6-7,10H,1,3-5,8-9H2. The van der Waals surface area contributed by atoms with E-state index in [4.69, 9.17) is 0 Å². The Hall–Kier alpha value is -1.11. The molecule has 1 saturated carbocycles. The Morgan fingerprint density at radius 2 is 2.00 bits per heavy atom. The molecule has 74 valence electrons. The largest absolute Gasteiger partial charge is 0.295 e. The van der Waals surface area contributed by atoms with Crippen molar-refractivity contribution < 1.29 is 4.79 Å². The molecule has 0 heterocycles. The highest BCUT2D eigenvalue weighted by atomic mass is 16.1. The predicted molar refractivity (Wildman–Crippen MR) is 58.0 cm³/mol. The number of Topliss-reactive ketones (excluding diaryl/α,β-unsaturated/α-hetero) is 1. The molecule has 0 aromatic rings. The van der Waals surface area contributed by atoms with Crippen LogP contribution in [0.4, 0.5) is 0 Å². The highest BCUT2D eigenvalue weighted by molar-refractivity contribution is 5.96. The van der Waals surface area contributed by atoms with E-state index < -0.39 is 0 Å². The van der Waals surface area contributed by atoms with E-state index in [1.807, 2.05) is 0 Å². The first-order valence-corrected chi connectivity index (χ1v) is 5.47. The molecule has 0 aliphatic heterocycles. The van der Waals surface area contributed by atoms with E-state index in [0.29, 0.717) is 5.78 Å². The summed E-state index contributed by atoms with van der Waals surface area (Å²) in [6, 6.07) is 0. The summed E-state index contributed by atoms with van der Waals surface area (Å²) in [5, 5.41) is 0. The lowest BCUT2D eigenvalue weighted by molar-refractivity contribution is -0.116. The van der Waals surface area contributed by atoms with Gasteiger partial charge in [-0.2, -0.15) is 0 Å². The quantitative estimate of drug-likeness (QED) is 0.577. The molecular weight excluding hydrogens is 172 g/mol. The summed E-state index contributed by atoms with van der Waals surface area (Å²) in [5.74, 6) is 0.358. The zero-order valence-corrected chi connectivity index (χ0v) is 8.46. The van der Waals surface area contributed by atoms with Crippen molar-refractivity contribution in [3.63, 3.8) is 0 Å². The molecule has 2 aliphatic carbocycles. The Morgan fingerprint density at radius 1 is 1.14 bits per heavy atom. The molecule has 1 fully saturated rings. The van der Waals surface area contributed by atoms with Crippen LogP contribution in [0.1, 0.15) is 38.5 Å². The maximum Gasteiger partial charge on any atom is 0.158 e. The van der Waals surface area contributed by atoms with Gasteiger partial charge in [-0.25, -0.2) is 0 Å². The predicted octanol–water partition coefficient (Wildman–Crippen LogP) is 3.33. The van der Waals surface area contributed by atoms with Crippen LogP contribution in [0.5, 0.6) is 0 Å². The summed E-state index contributed by atoms with van der Waals surface area (Å²) in [7, 11) is 0. The van der Waals surface area contributed by atoms with Crippen molar-refractivity contribution in [3.8, 4) is 0 Å². The van der Waals surface area contributed by atoms with Crippen LogP contribution < -0.4 is 0 Å². The third-order valence-electron chi connectivity index (χ3n) is 2.82. The van der Waals surface area contributed by atoms with Crippen molar-refractivity contribution >= 4 is 5.78 Å². The molecule has 0 radical (unpaired) electrons. The van der Waals surface area contributed by atoms with Gasteiger partial charge in [0.2, 0.25) is 0 Å². The first-order valence-electron chi connectivity index (χ1n) is 5.47. The molecule has 0 spiro atoms. The summed E-state index contributed by atoms with van der Waals surface area (Å²) in [4.78, 5) is 11.5. The maximum absolute atomic E-state index is 11.5. The minimum absolute atomic E-state index is 0.358. The molecule has 0 N–H and O–H groups in total. The summed E-state index contributed by atoms with van der Waals surface area (Å²) in [5.41, 5.74) is 2.26. The second-order valence-corrected chi connectivity index (χ2v) is 3.98. The molecule has 0 unspecified atom stereocenters. The number of hydrogen-bond acceptors (Lipinski definition) is 1. The van der Waals surface area contributed by atoms with Crippen LogP contribution in [0, 0.1) is 0 Å². The molecule has 0 amide bonds. The van der Waals surface area contributed by atoms with Gasteiger partial charge in [-0.15, -0.1) is 0 Å². The zero-order chi connectivity index (χ0) is 9.80. The van der Waals surface area contributed by atoms with Crippen LogP contribution in [0.15, 0.2) is 35.5 Å². The van der Waals surface area contributed by atoms with E-state index in [2.05, 4.69) is 24.3 Å². The molecule has 1 heteroatoms. The average molecular weight is 188 g/mol. The van der Waals surface area contributed by atoms with E-state index in [-0.39, 0.29) is 0 Å². The summed E-state index contributed by atoms with van der Waals surface area (Å²) in [6.07, 6.45) is 14.8. The van der Waals surface area contributed by atoms with Gasteiger partial charge in [0.15, 0.2) is 5.78 Å². The van der Waals surface area contributed by atoms with Gasteiger partial charge in [0.1, 0.15) is 0 Å². The SMILES string of the molecule is O=C1CCCCC1=CC1=CCCC=C1. The lowest BCUT2D eigenvalue weighted by Crippen LogP contribution is -2.08. The molecule has 0 aromatic carbocycles. The Morgan fingerprint density at radius 3 is 2.71 bits per heavy atom. The molecule has 14 heavy (non-hydrogen) atoms. The lowest BCUT2D eigenvalue weighted by Gasteiger charge is -2.13. The Labute approximate surface area is 85.2 Å². The molecule has 0 atom stereocenters.